The molecule has 108 valence electrons. The summed E-state index contributed by atoms with van der Waals surface area (Å²) in [5, 5.41) is 23.2. The lowest BCUT2D eigenvalue weighted by Gasteiger charge is -2.16. The van der Waals surface area contributed by atoms with E-state index in [0.717, 1.165) is 0 Å². The average molecular weight is 280 g/mol. The van der Waals surface area contributed by atoms with Crippen LogP contribution in [-0.4, -0.2) is 27.6 Å². The molecule has 1 aromatic carbocycles. The second-order valence-electron chi connectivity index (χ2n) is 5.09. The van der Waals surface area contributed by atoms with Crippen LogP contribution in [0.4, 0.5) is 11.4 Å². The van der Waals surface area contributed by atoms with E-state index in [4.69, 9.17) is 9.84 Å². The van der Waals surface area contributed by atoms with Crippen LogP contribution in [0.25, 0.3) is 0 Å². The van der Waals surface area contributed by atoms with E-state index in [1.807, 2.05) is 0 Å². The van der Waals surface area contributed by atoms with Crippen LogP contribution in [0.1, 0.15) is 26.7 Å². The van der Waals surface area contributed by atoms with Gasteiger partial charge < -0.3 is 15.2 Å². The molecule has 0 bridgehead atoms. The molecule has 2 N–H and O–H groups in total. The SMILES string of the molecule is CC(C)Oc1cccc(NC2(C(=O)O)CC2)c1[N+](=O)[O-]. The van der Waals surface area contributed by atoms with Gasteiger partial charge in [0, 0.05) is 0 Å². The molecule has 7 nitrogen and oxygen atoms in total. The van der Waals surface area contributed by atoms with Crippen molar-refractivity contribution in [2.45, 2.75) is 38.3 Å². The Bertz CT molecular complexity index is 552. The highest BCUT2D eigenvalue weighted by molar-refractivity contribution is 5.88. The van der Waals surface area contributed by atoms with Gasteiger partial charge in [0.25, 0.3) is 0 Å². The molecule has 1 aliphatic carbocycles. The summed E-state index contributed by atoms with van der Waals surface area (Å²) < 4.78 is 5.41. The normalized spacial score (nSPS) is 15.8. The fraction of sp³-hybridized carbons (Fsp3) is 0.462. The quantitative estimate of drug-likeness (QED) is 0.613. The zero-order valence-electron chi connectivity index (χ0n) is 11.3. The van der Waals surface area contributed by atoms with Gasteiger partial charge in [-0.15, -0.1) is 0 Å². The number of anilines is 1. The second-order valence-corrected chi connectivity index (χ2v) is 5.09. The number of benzene rings is 1. The van der Waals surface area contributed by atoms with Gasteiger partial charge in [-0.25, -0.2) is 4.79 Å². The molecule has 7 heteroatoms. The minimum absolute atomic E-state index is 0.135. The van der Waals surface area contributed by atoms with Crippen LogP contribution in [-0.2, 0) is 4.79 Å². The fourth-order valence-corrected chi connectivity index (χ4v) is 1.94. The van der Waals surface area contributed by atoms with E-state index in [0.29, 0.717) is 12.8 Å². The first-order chi connectivity index (χ1) is 9.35. The third-order valence-corrected chi connectivity index (χ3v) is 3.08. The summed E-state index contributed by atoms with van der Waals surface area (Å²) >= 11 is 0. The highest BCUT2D eigenvalue weighted by Gasteiger charge is 2.51. The van der Waals surface area contributed by atoms with Gasteiger partial charge >= 0.3 is 11.7 Å². The maximum atomic E-state index is 11.2. The molecule has 0 aromatic heterocycles. The van der Waals surface area contributed by atoms with Gasteiger partial charge in [-0.2, -0.15) is 0 Å². The number of nitro benzene ring substituents is 1. The molecule has 0 aliphatic heterocycles. The number of nitro groups is 1. The van der Waals surface area contributed by atoms with Crippen molar-refractivity contribution in [3.63, 3.8) is 0 Å². The van der Waals surface area contributed by atoms with E-state index in [2.05, 4.69) is 5.32 Å². The Balaban J connectivity index is 2.37. The Hall–Kier alpha value is -2.31. The van der Waals surface area contributed by atoms with Crippen molar-refractivity contribution in [2.75, 3.05) is 5.32 Å². The Labute approximate surface area is 115 Å². The molecule has 1 saturated carbocycles. The summed E-state index contributed by atoms with van der Waals surface area (Å²) in [6.45, 7) is 3.53. The summed E-state index contributed by atoms with van der Waals surface area (Å²) in [6.07, 6.45) is 0.696. The predicted octanol–water partition coefficient (Wildman–Crippen LogP) is 2.41. The van der Waals surface area contributed by atoms with E-state index < -0.39 is 16.4 Å². The van der Waals surface area contributed by atoms with Crippen LogP contribution >= 0.6 is 0 Å². The third-order valence-electron chi connectivity index (χ3n) is 3.08. The Kier molecular flexibility index (Phi) is 3.52. The van der Waals surface area contributed by atoms with Crippen molar-refractivity contribution in [3.05, 3.63) is 28.3 Å². The summed E-state index contributed by atoms with van der Waals surface area (Å²) in [6, 6.07) is 4.60. The van der Waals surface area contributed by atoms with E-state index >= 15 is 0 Å². The second kappa shape index (κ2) is 4.99. The van der Waals surface area contributed by atoms with Crippen molar-refractivity contribution in [1.29, 1.82) is 0 Å². The molecule has 0 radical (unpaired) electrons. The number of nitrogens with zero attached hydrogens (tertiary/aromatic N) is 1. The Morgan fingerprint density at radius 2 is 2.15 bits per heavy atom. The number of aliphatic carboxylic acids is 1. The Morgan fingerprint density at radius 1 is 1.50 bits per heavy atom. The lowest BCUT2D eigenvalue weighted by atomic mass is 10.2. The van der Waals surface area contributed by atoms with Gasteiger partial charge in [0.2, 0.25) is 0 Å². The highest BCUT2D eigenvalue weighted by Crippen LogP contribution is 2.43. The van der Waals surface area contributed by atoms with Crippen LogP contribution in [0.5, 0.6) is 5.75 Å². The standard InChI is InChI=1S/C13H16N2O5/c1-8(2)20-10-5-3-4-9(11(10)15(18)19)14-13(6-7-13)12(16)17/h3-5,8,14H,6-7H2,1-2H3,(H,16,17). The van der Waals surface area contributed by atoms with E-state index in [-0.39, 0.29) is 23.2 Å². The van der Waals surface area contributed by atoms with Gasteiger partial charge in [-0.1, -0.05) is 6.07 Å². The van der Waals surface area contributed by atoms with Crippen LogP contribution in [0.15, 0.2) is 18.2 Å². The predicted molar refractivity (Wildman–Crippen MR) is 72.1 cm³/mol. The topological polar surface area (TPSA) is 102 Å². The molecular weight excluding hydrogens is 264 g/mol. The summed E-state index contributed by atoms with van der Waals surface area (Å²) in [7, 11) is 0. The first-order valence-electron chi connectivity index (χ1n) is 6.31. The minimum Gasteiger partial charge on any atom is -0.484 e. The van der Waals surface area contributed by atoms with Crippen molar-refractivity contribution < 1.29 is 19.6 Å². The number of carboxylic acid groups (broad SMARTS) is 1. The zero-order valence-corrected chi connectivity index (χ0v) is 11.3. The first kappa shape index (κ1) is 14.1. The van der Waals surface area contributed by atoms with E-state index in [1.54, 1.807) is 19.9 Å². The number of para-hydroxylation sites is 1. The highest BCUT2D eigenvalue weighted by atomic mass is 16.6. The van der Waals surface area contributed by atoms with Crippen molar-refractivity contribution in [2.24, 2.45) is 0 Å². The van der Waals surface area contributed by atoms with Gasteiger partial charge in [-0.3, -0.25) is 10.1 Å². The number of carboxylic acids is 1. The zero-order chi connectivity index (χ0) is 14.9. The molecule has 0 saturated heterocycles. The van der Waals surface area contributed by atoms with Crippen molar-refractivity contribution in [3.8, 4) is 5.75 Å². The Morgan fingerprint density at radius 3 is 2.60 bits per heavy atom. The van der Waals surface area contributed by atoms with Crippen LogP contribution < -0.4 is 10.1 Å². The molecule has 0 heterocycles. The van der Waals surface area contributed by atoms with Crippen LogP contribution in [0.3, 0.4) is 0 Å². The summed E-state index contributed by atoms with van der Waals surface area (Å²) in [5.41, 5.74) is -1.14. The largest absolute Gasteiger partial charge is 0.484 e. The molecular formula is C13H16N2O5. The number of hydrogen-bond donors (Lipinski definition) is 2. The summed E-state index contributed by atoms with van der Waals surface area (Å²) in [5.74, 6) is -0.863. The molecule has 0 atom stereocenters. The molecule has 1 aliphatic rings. The fourth-order valence-electron chi connectivity index (χ4n) is 1.94. The van der Waals surface area contributed by atoms with Crippen molar-refractivity contribution in [1.82, 2.24) is 0 Å². The molecule has 0 unspecified atom stereocenters. The number of carbonyl (C=O) groups is 1. The van der Waals surface area contributed by atoms with Crippen molar-refractivity contribution >= 4 is 17.3 Å². The number of nitrogens with one attached hydrogen (secondary N) is 1. The molecule has 0 spiro atoms. The van der Waals surface area contributed by atoms with Crippen LogP contribution in [0.2, 0.25) is 0 Å². The lowest BCUT2D eigenvalue weighted by molar-refractivity contribution is -0.385. The number of hydrogen-bond acceptors (Lipinski definition) is 5. The molecule has 1 fully saturated rings. The molecule has 20 heavy (non-hydrogen) atoms. The van der Waals surface area contributed by atoms with Gasteiger partial charge in [-0.05, 0) is 38.8 Å². The smallest absolute Gasteiger partial charge is 0.333 e. The summed E-state index contributed by atoms with van der Waals surface area (Å²) in [4.78, 5) is 21.8. The van der Waals surface area contributed by atoms with E-state index in [1.165, 1.54) is 12.1 Å². The molecule has 2 rings (SSSR count). The maximum Gasteiger partial charge on any atom is 0.333 e. The van der Waals surface area contributed by atoms with Gasteiger partial charge in [0.1, 0.15) is 11.2 Å². The molecule has 0 amide bonds. The lowest BCUT2D eigenvalue weighted by Crippen LogP contribution is -2.31. The van der Waals surface area contributed by atoms with Gasteiger partial charge in [0.15, 0.2) is 5.75 Å². The third kappa shape index (κ3) is 2.66. The number of ether oxygens (including phenoxy) is 1. The molecule has 1 aromatic rings. The number of rotatable bonds is 6. The minimum atomic E-state index is -1.08. The average Bonchev–Trinajstić information content (AvgIpc) is 3.09. The maximum absolute atomic E-state index is 11.2. The van der Waals surface area contributed by atoms with E-state index in [9.17, 15) is 14.9 Å². The monoisotopic (exact) mass is 280 g/mol. The van der Waals surface area contributed by atoms with Gasteiger partial charge in [0.05, 0.1) is 11.0 Å². The first-order valence-corrected chi connectivity index (χ1v) is 6.31. The van der Waals surface area contributed by atoms with Crippen LogP contribution in [0, 0.1) is 10.1 Å².